The summed E-state index contributed by atoms with van der Waals surface area (Å²) in [7, 11) is 0. The van der Waals surface area contributed by atoms with Crippen LogP contribution in [0.2, 0.25) is 0 Å². The molecule has 0 fully saturated rings. The van der Waals surface area contributed by atoms with Crippen LogP contribution in [0.4, 0.5) is 13.2 Å². The summed E-state index contributed by atoms with van der Waals surface area (Å²) in [5.74, 6) is -0.318. The normalized spacial score (nSPS) is 10.9. The quantitative estimate of drug-likeness (QED) is 0.501. The molecule has 0 saturated heterocycles. The first-order valence-electron chi connectivity index (χ1n) is 4.21. The summed E-state index contributed by atoms with van der Waals surface area (Å²) in [6, 6.07) is 12.3. The Morgan fingerprint density at radius 3 is 2.31 bits per heavy atom. The Hall–Kier alpha value is -1.11. The van der Waals surface area contributed by atoms with E-state index in [9.17, 15) is 13.2 Å². The zero-order chi connectivity index (χ0) is 10.9. The molecule has 0 heterocycles. The van der Waals surface area contributed by atoms with E-state index >= 15 is 0 Å². The van der Waals surface area contributed by atoms with Crippen molar-refractivity contribution in [3.05, 3.63) is 42.5 Å². The van der Waals surface area contributed by atoms with Gasteiger partial charge in [0.2, 0.25) is 0 Å². The van der Waals surface area contributed by atoms with Crippen molar-refractivity contribution in [3.8, 4) is 5.75 Å². The fourth-order valence-corrected chi connectivity index (χ4v) is 1.29. The number of hydrogen-bond acceptors (Lipinski definition) is 1. The first-order valence-corrected chi connectivity index (χ1v) is 4.21. The van der Waals surface area contributed by atoms with E-state index in [4.69, 9.17) is 0 Å². The van der Waals surface area contributed by atoms with Gasteiger partial charge in [-0.3, -0.25) is 0 Å². The van der Waals surface area contributed by atoms with E-state index in [0.717, 1.165) is 5.39 Å². The van der Waals surface area contributed by atoms with E-state index in [0.29, 0.717) is 5.39 Å². The molecule has 2 aromatic carbocycles. The molecule has 0 aliphatic rings. The molecule has 0 spiro atoms. The van der Waals surface area contributed by atoms with Gasteiger partial charge in [0.05, 0.1) is 0 Å². The topological polar surface area (TPSA) is 9.23 Å². The molecule has 0 unspecified atom stereocenters. The number of benzene rings is 2. The van der Waals surface area contributed by atoms with Gasteiger partial charge in [0.25, 0.3) is 0 Å². The second kappa shape index (κ2) is 4.81. The Bertz CT molecular complexity index is 482. The molecule has 2 aromatic rings. The van der Waals surface area contributed by atoms with E-state index in [2.05, 4.69) is 10.8 Å². The van der Waals surface area contributed by atoms with E-state index < -0.39 is 6.36 Å². The Morgan fingerprint density at radius 1 is 1.06 bits per heavy atom. The maximum atomic E-state index is 11.9. The van der Waals surface area contributed by atoms with Crippen LogP contribution in [0.15, 0.2) is 36.4 Å². The predicted molar refractivity (Wildman–Crippen MR) is 49.5 cm³/mol. The van der Waals surface area contributed by atoms with Crippen molar-refractivity contribution < 1.29 is 36.8 Å². The Morgan fingerprint density at radius 2 is 1.69 bits per heavy atom. The molecule has 2 rings (SSSR count). The summed E-state index contributed by atoms with van der Waals surface area (Å²) < 4.78 is 39.5. The molecular weight excluding hydrogens is 212 g/mol. The number of ether oxygens (including phenoxy) is 1. The molecule has 0 aliphatic heterocycles. The molecule has 0 aliphatic carbocycles. The molecule has 5 heteroatoms. The average Bonchev–Trinajstić information content (AvgIpc) is 2.15. The monoisotopic (exact) mass is 218 g/mol. The SMILES string of the molecule is FC(F)(F)Oc1[c-]cc2ccccc2c1.[Li+]. The van der Waals surface area contributed by atoms with Crippen molar-refractivity contribution in [2.24, 2.45) is 0 Å². The van der Waals surface area contributed by atoms with Crippen LogP contribution < -0.4 is 23.6 Å². The molecule has 1 nitrogen and oxygen atoms in total. The smallest absolute Gasteiger partial charge is 0.433 e. The summed E-state index contributed by atoms with van der Waals surface area (Å²) >= 11 is 0. The van der Waals surface area contributed by atoms with E-state index in [1.807, 2.05) is 0 Å². The maximum absolute atomic E-state index is 11.9. The third-order valence-electron chi connectivity index (χ3n) is 1.88. The molecule has 78 valence electrons. The van der Waals surface area contributed by atoms with Gasteiger partial charge in [-0.2, -0.15) is 6.07 Å². The van der Waals surface area contributed by atoms with Crippen molar-refractivity contribution in [2.45, 2.75) is 6.36 Å². The Kier molecular flexibility index (Phi) is 3.90. The van der Waals surface area contributed by atoms with Crippen LogP contribution in [0, 0.1) is 6.07 Å². The fraction of sp³-hybridized carbons (Fsp3) is 0.0909. The minimum Gasteiger partial charge on any atom is -0.433 e. The van der Waals surface area contributed by atoms with Crippen molar-refractivity contribution >= 4 is 10.8 Å². The van der Waals surface area contributed by atoms with Crippen LogP contribution in [0.3, 0.4) is 0 Å². The third kappa shape index (κ3) is 3.19. The van der Waals surface area contributed by atoms with Crippen LogP contribution >= 0.6 is 0 Å². The predicted octanol–water partition coefficient (Wildman–Crippen LogP) is 0.543. The zero-order valence-corrected chi connectivity index (χ0v) is 8.51. The molecule has 0 saturated carbocycles. The fourth-order valence-electron chi connectivity index (χ4n) is 1.29. The maximum Gasteiger partial charge on any atom is 1.00 e. The van der Waals surface area contributed by atoms with Gasteiger partial charge < -0.3 is 4.74 Å². The average molecular weight is 218 g/mol. The molecule has 0 aromatic heterocycles. The van der Waals surface area contributed by atoms with Gasteiger partial charge >= 0.3 is 25.2 Å². The second-order valence-electron chi connectivity index (χ2n) is 2.97. The molecule has 16 heavy (non-hydrogen) atoms. The van der Waals surface area contributed by atoms with Gasteiger partial charge in [-0.25, -0.2) is 0 Å². The third-order valence-corrected chi connectivity index (χ3v) is 1.88. The van der Waals surface area contributed by atoms with Gasteiger partial charge in [-0.15, -0.1) is 42.1 Å². The van der Waals surface area contributed by atoms with Crippen molar-refractivity contribution in [1.29, 1.82) is 0 Å². The number of hydrogen-bond donors (Lipinski definition) is 0. The summed E-state index contributed by atoms with van der Waals surface area (Å²) in [5, 5.41) is 1.52. The van der Waals surface area contributed by atoms with Crippen LogP contribution in [-0.4, -0.2) is 6.36 Å². The number of alkyl halides is 3. The van der Waals surface area contributed by atoms with Gasteiger partial charge in [0, 0.05) is 5.75 Å². The van der Waals surface area contributed by atoms with Gasteiger partial charge in [-0.1, -0.05) is 18.2 Å². The Balaban J connectivity index is 0.00000128. The van der Waals surface area contributed by atoms with Gasteiger partial charge in [-0.05, 0) is 0 Å². The minimum atomic E-state index is -4.67. The summed E-state index contributed by atoms with van der Waals surface area (Å²) in [5.41, 5.74) is 0. The van der Waals surface area contributed by atoms with E-state index in [1.54, 1.807) is 24.3 Å². The van der Waals surface area contributed by atoms with Crippen molar-refractivity contribution in [2.75, 3.05) is 0 Å². The zero-order valence-electron chi connectivity index (χ0n) is 8.51. The van der Waals surface area contributed by atoms with Crippen LogP contribution in [0.5, 0.6) is 5.75 Å². The summed E-state index contributed by atoms with van der Waals surface area (Å²) in [6.45, 7) is 0. The number of halogens is 3. The molecule has 0 bridgehead atoms. The van der Waals surface area contributed by atoms with Crippen molar-refractivity contribution in [1.82, 2.24) is 0 Å². The summed E-state index contributed by atoms with van der Waals surface area (Å²) in [4.78, 5) is 0. The molecule has 0 radical (unpaired) electrons. The molecule has 0 atom stereocenters. The first kappa shape index (κ1) is 13.0. The van der Waals surface area contributed by atoms with Crippen LogP contribution in [0.1, 0.15) is 0 Å². The van der Waals surface area contributed by atoms with E-state index in [-0.39, 0.29) is 24.6 Å². The largest absolute Gasteiger partial charge is 1.00 e. The first-order chi connectivity index (χ1) is 7.04. The second-order valence-corrected chi connectivity index (χ2v) is 2.97. The Labute approximate surface area is 102 Å². The van der Waals surface area contributed by atoms with Crippen LogP contribution in [-0.2, 0) is 0 Å². The molecular formula is C11H6F3LiO. The molecule has 0 amide bonds. The van der Waals surface area contributed by atoms with Gasteiger partial charge in [0.15, 0.2) is 0 Å². The standard InChI is InChI=1S/C11H6F3O.Li/c12-11(13,14)15-10-6-5-8-3-1-2-4-9(8)7-10;/h1-5,7H;/q-1;+1. The van der Waals surface area contributed by atoms with Gasteiger partial charge in [0.1, 0.15) is 0 Å². The number of fused-ring (bicyclic) bond motifs is 1. The molecule has 0 N–H and O–H groups in total. The number of rotatable bonds is 1. The minimum absolute atomic E-state index is 0. The van der Waals surface area contributed by atoms with Crippen LogP contribution in [0.25, 0.3) is 10.8 Å². The van der Waals surface area contributed by atoms with E-state index in [1.165, 1.54) is 12.1 Å². The van der Waals surface area contributed by atoms with Crippen molar-refractivity contribution in [3.63, 3.8) is 0 Å². The summed E-state index contributed by atoms with van der Waals surface area (Å²) in [6.07, 6.45) is -4.67.